The predicted octanol–water partition coefficient (Wildman–Crippen LogP) is 2.41. The summed E-state index contributed by atoms with van der Waals surface area (Å²) in [5.41, 5.74) is 0.732. The summed E-state index contributed by atoms with van der Waals surface area (Å²) in [6.45, 7) is 1.51. The van der Waals surface area contributed by atoms with Gasteiger partial charge in [0.1, 0.15) is 30.0 Å². The summed E-state index contributed by atoms with van der Waals surface area (Å²) in [4.78, 5) is 28.6. The number of hydrogen-bond acceptors (Lipinski definition) is 7. The fourth-order valence-corrected chi connectivity index (χ4v) is 2.40. The van der Waals surface area contributed by atoms with E-state index in [2.05, 4.69) is 30.4 Å². The minimum Gasteiger partial charge on any atom is -0.452 e. The van der Waals surface area contributed by atoms with E-state index in [1.165, 1.54) is 54.7 Å². The molecule has 4 heterocycles. The molecule has 1 N–H and O–H groups in total. The Labute approximate surface area is 151 Å². The fourth-order valence-electron chi connectivity index (χ4n) is 2.40. The van der Waals surface area contributed by atoms with Crippen molar-refractivity contribution in [3.63, 3.8) is 0 Å². The maximum absolute atomic E-state index is 13.4. The van der Waals surface area contributed by atoms with Gasteiger partial charge in [-0.3, -0.25) is 4.79 Å². The van der Waals surface area contributed by atoms with Gasteiger partial charge in [-0.1, -0.05) is 0 Å². The molecule has 0 spiro atoms. The Balaban J connectivity index is 1.68. The van der Waals surface area contributed by atoms with E-state index in [9.17, 15) is 9.18 Å². The van der Waals surface area contributed by atoms with Crippen LogP contribution in [0.15, 0.2) is 49.4 Å². The zero-order chi connectivity index (χ0) is 18.8. The van der Waals surface area contributed by atoms with E-state index in [1.807, 2.05) is 0 Å². The van der Waals surface area contributed by atoms with Gasteiger partial charge >= 0.3 is 0 Å². The summed E-state index contributed by atoms with van der Waals surface area (Å²) in [6.07, 6.45) is 7.26. The van der Waals surface area contributed by atoms with Crippen LogP contribution in [0.25, 0.3) is 5.65 Å². The van der Waals surface area contributed by atoms with Gasteiger partial charge in [0.25, 0.3) is 5.91 Å². The van der Waals surface area contributed by atoms with Crippen molar-refractivity contribution in [2.24, 2.45) is 0 Å². The molecule has 0 fully saturated rings. The van der Waals surface area contributed by atoms with Gasteiger partial charge < -0.3 is 10.1 Å². The molecule has 0 atom stereocenters. The molecule has 10 heteroatoms. The Kier molecular flexibility index (Phi) is 4.13. The normalized spacial score (nSPS) is 10.7. The van der Waals surface area contributed by atoms with Gasteiger partial charge in [-0.05, 0) is 25.1 Å². The molecule has 0 saturated carbocycles. The molecule has 0 bridgehead atoms. The Hall–Kier alpha value is -3.95. The van der Waals surface area contributed by atoms with Gasteiger partial charge in [-0.2, -0.15) is 5.10 Å². The molecule has 4 rings (SSSR count). The number of aryl methyl sites for hydroxylation is 1. The van der Waals surface area contributed by atoms with Crippen molar-refractivity contribution >= 4 is 17.4 Å². The number of amides is 1. The second-order valence-electron chi connectivity index (χ2n) is 5.51. The highest BCUT2D eigenvalue weighted by molar-refractivity contribution is 6.08. The number of pyridine rings is 2. The third-order valence-electron chi connectivity index (χ3n) is 3.63. The number of anilines is 1. The Bertz CT molecular complexity index is 1130. The molecule has 9 nitrogen and oxygen atoms in total. The molecule has 0 aliphatic carbocycles. The van der Waals surface area contributed by atoms with Crippen molar-refractivity contribution in [1.29, 1.82) is 0 Å². The van der Waals surface area contributed by atoms with Crippen LogP contribution in [-0.4, -0.2) is 35.5 Å². The fraction of sp³-hybridized carbons (Fsp3) is 0.0588. The molecule has 1 amide bonds. The first-order valence-corrected chi connectivity index (χ1v) is 7.81. The van der Waals surface area contributed by atoms with E-state index in [1.54, 1.807) is 6.20 Å². The number of ether oxygens (including phenoxy) is 1. The van der Waals surface area contributed by atoms with Crippen LogP contribution in [0.2, 0.25) is 0 Å². The standard InChI is InChI=1S/C17H12FN7O2/c1-10-14(18)2-3-15(23-10)24-17(26)13-4-11(7-25-16(13)21-9-22-25)27-12-5-19-8-20-6-12/h2-9H,1H3,(H,23,24,26). The first-order valence-electron chi connectivity index (χ1n) is 7.81. The van der Waals surface area contributed by atoms with E-state index in [0.717, 1.165) is 0 Å². The van der Waals surface area contributed by atoms with Crippen LogP contribution in [0, 0.1) is 12.7 Å². The van der Waals surface area contributed by atoms with Crippen LogP contribution in [0.3, 0.4) is 0 Å². The number of carbonyl (C=O) groups excluding carboxylic acids is 1. The third-order valence-corrected chi connectivity index (χ3v) is 3.63. The van der Waals surface area contributed by atoms with Gasteiger partial charge in [-0.15, -0.1) is 0 Å². The van der Waals surface area contributed by atoms with Crippen LogP contribution in [-0.2, 0) is 0 Å². The van der Waals surface area contributed by atoms with Crippen molar-refractivity contribution < 1.29 is 13.9 Å². The van der Waals surface area contributed by atoms with Crippen LogP contribution in [0.1, 0.15) is 16.1 Å². The van der Waals surface area contributed by atoms with Gasteiger partial charge in [0.05, 0.1) is 29.8 Å². The van der Waals surface area contributed by atoms with Crippen LogP contribution in [0.4, 0.5) is 10.2 Å². The van der Waals surface area contributed by atoms with Gasteiger partial charge in [0.2, 0.25) is 0 Å². The van der Waals surface area contributed by atoms with E-state index in [4.69, 9.17) is 4.74 Å². The number of carbonyl (C=O) groups is 1. The molecular weight excluding hydrogens is 353 g/mol. The molecule has 0 unspecified atom stereocenters. The number of fused-ring (bicyclic) bond motifs is 1. The summed E-state index contributed by atoms with van der Waals surface area (Å²) >= 11 is 0. The molecule has 27 heavy (non-hydrogen) atoms. The van der Waals surface area contributed by atoms with Crippen molar-refractivity contribution in [2.75, 3.05) is 5.32 Å². The monoisotopic (exact) mass is 365 g/mol. The summed E-state index contributed by atoms with van der Waals surface area (Å²) in [7, 11) is 0. The topological polar surface area (TPSA) is 107 Å². The Morgan fingerprint density at radius 2 is 2.00 bits per heavy atom. The zero-order valence-corrected chi connectivity index (χ0v) is 14.0. The minimum absolute atomic E-state index is 0.182. The first kappa shape index (κ1) is 16.5. The second kappa shape index (κ2) is 6.75. The highest BCUT2D eigenvalue weighted by Gasteiger charge is 2.16. The average Bonchev–Trinajstić information content (AvgIpc) is 3.13. The summed E-state index contributed by atoms with van der Waals surface area (Å²) in [5, 5.41) is 6.67. The summed E-state index contributed by atoms with van der Waals surface area (Å²) in [6, 6.07) is 4.13. The van der Waals surface area contributed by atoms with Gasteiger partial charge in [0, 0.05) is 0 Å². The number of aromatic nitrogens is 6. The van der Waals surface area contributed by atoms with E-state index in [0.29, 0.717) is 17.1 Å². The number of nitrogens with one attached hydrogen (secondary N) is 1. The smallest absolute Gasteiger partial charge is 0.260 e. The van der Waals surface area contributed by atoms with E-state index < -0.39 is 11.7 Å². The molecule has 0 aliphatic heterocycles. The molecule has 134 valence electrons. The summed E-state index contributed by atoms with van der Waals surface area (Å²) < 4.78 is 20.4. The SMILES string of the molecule is Cc1nc(NC(=O)c2cc(Oc3cncnc3)cn3ncnc23)ccc1F. The van der Waals surface area contributed by atoms with E-state index in [-0.39, 0.29) is 17.1 Å². The van der Waals surface area contributed by atoms with Crippen molar-refractivity contribution in [3.05, 3.63) is 66.5 Å². The number of halogens is 1. The largest absolute Gasteiger partial charge is 0.452 e. The molecular formula is C17H12FN7O2. The predicted molar refractivity (Wildman–Crippen MR) is 92.0 cm³/mol. The van der Waals surface area contributed by atoms with Crippen LogP contribution >= 0.6 is 0 Å². The lowest BCUT2D eigenvalue weighted by Gasteiger charge is -2.09. The maximum Gasteiger partial charge on any atom is 0.260 e. The molecule has 0 aromatic carbocycles. The lowest BCUT2D eigenvalue weighted by molar-refractivity contribution is 0.102. The van der Waals surface area contributed by atoms with Crippen molar-refractivity contribution in [3.8, 4) is 11.5 Å². The van der Waals surface area contributed by atoms with Gasteiger partial charge in [-0.25, -0.2) is 28.8 Å². The van der Waals surface area contributed by atoms with Gasteiger partial charge in [0.15, 0.2) is 11.4 Å². The Morgan fingerprint density at radius 1 is 1.19 bits per heavy atom. The molecule has 0 radical (unpaired) electrons. The highest BCUT2D eigenvalue weighted by Crippen LogP contribution is 2.23. The highest BCUT2D eigenvalue weighted by atomic mass is 19.1. The third kappa shape index (κ3) is 3.40. The number of hydrogen-bond donors (Lipinski definition) is 1. The Morgan fingerprint density at radius 3 is 2.78 bits per heavy atom. The van der Waals surface area contributed by atoms with Crippen molar-refractivity contribution in [2.45, 2.75) is 6.92 Å². The number of rotatable bonds is 4. The average molecular weight is 365 g/mol. The molecule has 4 aromatic heterocycles. The quantitative estimate of drug-likeness (QED) is 0.592. The molecule has 0 aliphatic rings. The van der Waals surface area contributed by atoms with Crippen molar-refractivity contribution in [1.82, 2.24) is 29.5 Å². The molecule has 4 aromatic rings. The summed E-state index contributed by atoms with van der Waals surface area (Å²) in [5.74, 6) is 0.0317. The second-order valence-corrected chi connectivity index (χ2v) is 5.51. The maximum atomic E-state index is 13.4. The minimum atomic E-state index is -0.485. The molecule has 0 saturated heterocycles. The lowest BCUT2D eigenvalue weighted by atomic mass is 10.2. The van der Waals surface area contributed by atoms with E-state index >= 15 is 0 Å². The lowest BCUT2D eigenvalue weighted by Crippen LogP contribution is -2.15. The first-order chi connectivity index (χ1) is 13.1. The zero-order valence-electron chi connectivity index (χ0n) is 14.0. The number of nitrogens with zero attached hydrogens (tertiary/aromatic N) is 6. The van der Waals surface area contributed by atoms with Crippen LogP contribution < -0.4 is 10.1 Å². The van der Waals surface area contributed by atoms with Crippen LogP contribution in [0.5, 0.6) is 11.5 Å².